The summed E-state index contributed by atoms with van der Waals surface area (Å²) in [5.74, 6) is -1.47. The minimum Gasteiger partial charge on any atom is -0.452 e. The van der Waals surface area contributed by atoms with Gasteiger partial charge in [0.05, 0.1) is 16.6 Å². The highest BCUT2D eigenvalue weighted by Crippen LogP contribution is 2.26. The van der Waals surface area contributed by atoms with Crippen LogP contribution in [-0.4, -0.2) is 41.9 Å². The molecule has 0 radical (unpaired) electrons. The molecule has 0 aromatic heterocycles. The van der Waals surface area contributed by atoms with Gasteiger partial charge in [-0.05, 0) is 38.0 Å². The van der Waals surface area contributed by atoms with Gasteiger partial charge in [0, 0.05) is 25.0 Å². The molecule has 1 N–H and O–H groups in total. The standard InChI is InChI=1S/C17H20Cl2N2O4/c1-10(16(23)20-15-8-13(18)5-6-14(15)19)25-17(24)12-4-3-7-21(9-12)11(2)22/h5-6,8,10,12H,3-4,7,9H2,1-2H3,(H,20,23)/t10-,12-/m0/s1. The van der Waals surface area contributed by atoms with Gasteiger partial charge < -0.3 is 15.0 Å². The molecule has 1 aromatic rings. The summed E-state index contributed by atoms with van der Waals surface area (Å²) in [7, 11) is 0. The number of likely N-dealkylation sites (tertiary alicyclic amines) is 1. The van der Waals surface area contributed by atoms with Crippen molar-refractivity contribution in [1.82, 2.24) is 4.90 Å². The Kier molecular flexibility index (Phi) is 6.67. The van der Waals surface area contributed by atoms with E-state index in [1.54, 1.807) is 17.0 Å². The van der Waals surface area contributed by atoms with Gasteiger partial charge in [-0.2, -0.15) is 0 Å². The van der Waals surface area contributed by atoms with Crippen LogP contribution in [0.15, 0.2) is 18.2 Å². The minimum absolute atomic E-state index is 0.0705. The quantitative estimate of drug-likeness (QED) is 0.806. The molecule has 25 heavy (non-hydrogen) atoms. The third-order valence-electron chi connectivity index (χ3n) is 4.05. The van der Waals surface area contributed by atoms with Gasteiger partial charge in [-0.15, -0.1) is 0 Å². The van der Waals surface area contributed by atoms with Gasteiger partial charge in [-0.1, -0.05) is 23.2 Å². The highest BCUT2D eigenvalue weighted by atomic mass is 35.5. The van der Waals surface area contributed by atoms with Gasteiger partial charge in [0.25, 0.3) is 5.91 Å². The average molecular weight is 387 g/mol. The van der Waals surface area contributed by atoms with Crippen molar-refractivity contribution >= 4 is 46.7 Å². The Morgan fingerprint density at radius 1 is 1.32 bits per heavy atom. The van der Waals surface area contributed by atoms with Crippen molar-refractivity contribution in [3.8, 4) is 0 Å². The largest absolute Gasteiger partial charge is 0.452 e. The number of rotatable bonds is 4. The molecular weight excluding hydrogens is 367 g/mol. The number of hydrogen-bond acceptors (Lipinski definition) is 4. The van der Waals surface area contributed by atoms with Crippen molar-refractivity contribution < 1.29 is 19.1 Å². The minimum atomic E-state index is -0.991. The van der Waals surface area contributed by atoms with Gasteiger partial charge in [0.15, 0.2) is 6.10 Å². The number of nitrogens with zero attached hydrogens (tertiary/aromatic N) is 1. The number of halogens is 2. The molecule has 1 aliphatic heterocycles. The topological polar surface area (TPSA) is 75.7 Å². The van der Waals surface area contributed by atoms with Crippen LogP contribution in [0.3, 0.4) is 0 Å². The van der Waals surface area contributed by atoms with Crippen LogP contribution in [0.5, 0.6) is 0 Å². The summed E-state index contributed by atoms with van der Waals surface area (Å²) < 4.78 is 5.26. The fraction of sp³-hybridized carbons (Fsp3) is 0.471. The Balaban J connectivity index is 1.93. The summed E-state index contributed by atoms with van der Waals surface area (Å²) in [5, 5.41) is 3.35. The molecule has 0 spiro atoms. The number of esters is 1. The van der Waals surface area contributed by atoms with Crippen LogP contribution in [-0.2, 0) is 19.1 Å². The molecular formula is C17H20Cl2N2O4. The normalized spacial score (nSPS) is 18.4. The van der Waals surface area contributed by atoms with E-state index >= 15 is 0 Å². The molecule has 136 valence electrons. The maximum absolute atomic E-state index is 12.3. The molecule has 6 nitrogen and oxygen atoms in total. The first-order valence-electron chi connectivity index (χ1n) is 8.00. The predicted octanol–water partition coefficient (Wildman–Crippen LogP) is 3.12. The number of carbonyl (C=O) groups is 3. The lowest BCUT2D eigenvalue weighted by atomic mass is 9.98. The Morgan fingerprint density at radius 3 is 2.72 bits per heavy atom. The summed E-state index contributed by atoms with van der Waals surface area (Å²) in [5.41, 5.74) is 0.350. The molecule has 1 saturated heterocycles. The van der Waals surface area contributed by atoms with E-state index in [1.807, 2.05) is 0 Å². The van der Waals surface area contributed by atoms with Crippen LogP contribution in [0.4, 0.5) is 5.69 Å². The SMILES string of the molecule is CC(=O)N1CCC[C@H](C(=O)O[C@@H](C)C(=O)Nc2cc(Cl)ccc2Cl)C1. The summed E-state index contributed by atoms with van der Waals surface area (Å²) in [6, 6.07) is 4.68. The van der Waals surface area contributed by atoms with Crippen LogP contribution in [0.25, 0.3) is 0 Å². The lowest BCUT2D eigenvalue weighted by molar-refractivity contribution is -0.159. The number of amides is 2. The molecule has 1 heterocycles. The predicted molar refractivity (Wildman–Crippen MR) is 95.6 cm³/mol. The Morgan fingerprint density at radius 2 is 2.04 bits per heavy atom. The number of anilines is 1. The third-order valence-corrected chi connectivity index (χ3v) is 4.61. The highest BCUT2D eigenvalue weighted by Gasteiger charge is 2.30. The first-order chi connectivity index (χ1) is 11.8. The van der Waals surface area contributed by atoms with Crippen molar-refractivity contribution in [3.05, 3.63) is 28.2 Å². The summed E-state index contributed by atoms with van der Waals surface area (Å²) in [6.45, 7) is 3.92. The molecule has 1 fully saturated rings. The van der Waals surface area contributed by atoms with Gasteiger partial charge in [0.2, 0.25) is 5.91 Å². The zero-order chi connectivity index (χ0) is 18.6. The van der Waals surface area contributed by atoms with Crippen LogP contribution in [0, 0.1) is 5.92 Å². The number of carbonyl (C=O) groups excluding carboxylic acids is 3. The summed E-state index contributed by atoms with van der Waals surface area (Å²) in [4.78, 5) is 37.5. The second kappa shape index (κ2) is 8.54. The van der Waals surface area contributed by atoms with Crippen molar-refractivity contribution in [2.24, 2.45) is 5.92 Å². The molecule has 1 aliphatic rings. The molecule has 8 heteroatoms. The molecule has 2 rings (SSSR count). The maximum Gasteiger partial charge on any atom is 0.311 e. The number of nitrogens with one attached hydrogen (secondary N) is 1. The van der Waals surface area contributed by atoms with Gasteiger partial charge in [0.1, 0.15) is 0 Å². The Bertz CT molecular complexity index is 681. The van der Waals surface area contributed by atoms with Crippen molar-refractivity contribution in [3.63, 3.8) is 0 Å². The second-order valence-electron chi connectivity index (χ2n) is 6.00. The van der Waals surface area contributed by atoms with Crippen molar-refractivity contribution in [2.75, 3.05) is 18.4 Å². The lowest BCUT2D eigenvalue weighted by Crippen LogP contribution is -2.43. The second-order valence-corrected chi connectivity index (χ2v) is 6.84. The molecule has 2 atom stereocenters. The van der Waals surface area contributed by atoms with Gasteiger partial charge in [-0.25, -0.2) is 0 Å². The highest BCUT2D eigenvalue weighted by molar-refractivity contribution is 6.35. The van der Waals surface area contributed by atoms with Crippen LogP contribution in [0.1, 0.15) is 26.7 Å². The fourth-order valence-electron chi connectivity index (χ4n) is 2.61. The van der Waals surface area contributed by atoms with E-state index in [9.17, 15) is 14.4 Å². The number of piperidine rings is 1. The van der Waals surface area contributed by atoms with Crippen molar-refractivity contribution in [2.45, 2.75) is 32.8 Å². The molecule has 2 amide bonds. The monoisotopic (exact) mass is 386 g/mol. The molecule has 0 saturated carbocycles. The summed E-state index contributed by atoms with van der Waals surface area (Å²) in [6.07, 6.45) is 0.380. The lowest BCUT2D eigenvalue weighted by Gasteiger charge is -2.31. The first-order valence-corrected chi connectivity index (χ1v) is 8.75. The Hall–Kier alpha value is -1.79. The number of hydrogen-bond donors (Lipinski definition) is 1. The van der Waals surface area contributed by atoms with Gasteiger partial charge >= 0.3 is 5.97 Å². The summed E-state index contributed by atoms with van der Waals surface area (Å²) >= 11 is 11.9. The zero-order valence-electron chi connectivity index (χ0n) is 14.1. The van der Waals surface area contributed by atoms with E-state index in [1.165, 1.54) is 19.9 Å². The van der Waals surface area contributed by atoms with E-state index in [2.05, 4.69) is 5.32 Å². The number of benzene rings is 1. The third kappa shape index (κ3) is 5.34. The average Bonchev–Trinajstić information content (AvgIpc) is 2.58. The van der Waals surface area contributed by atoms with E-state index in [4.69, 9.17) is 27.9 Å². The molecule has 1 aromatic carbocycles. The van der Waals surface area contributed by atoms with Crippen LogP contribution in [0.2, 0.25) is 10.0 Å². The van der Waals surface area contributed by atoms with Crippen LogP contribution < -0.4 is 5.32 Å². The van der Waals surface area contributed by atoms with E-state index in [-0.39, 0.29) is 5.91 Å². The molecule has 0 bridgehead atoms. The van der Waals surface area contributed by atoms with E-state index < -0.39 is 23.9 Å². The van der Waals surface area contributed by atoms with Gasteiger partial charge in [-0.3, -0.25) is 14.4 Å². The zero-order valence-corrected chi connectivity index (χ0v) is 15.6. The fourth-order valence-corrected chi connectivity index (χ4v) is 2.94. The first kappa shape index (κ1) is 19.5. The molecule has 0 unspecified atom stereocenters. The number of ether oxygens (including phenoxy) is 1. The molecule has 0 aliphatic carbocycles. The van der Waals surface area contributed by atoms with E-state index in [0.29, 0.717) is 35.2 Å². The Labute approximate surface area is 156 Å². The van der Waals surface area contributed by atoms with E-state index in [0.717, 1.165) is 6.42 Å². The maximum atomic E-state index is 12.3. The smallest absolute Gasteiger partial charge is 0.311 e. The van der Waals surface area contributed by atoms with Crippen LogP contribution >= 0.6 is 23.2 Å². The van der Waals surface area contributed by atoms with Crippen molar-refractivity contribution in [1.29, 1.82) is 0 Å².